The molecule has 112 valence electrons. The lowest BCUT2D eigenvalue weighted by Gasteiger charge is -2.16. The summed E-state index contributed by atoms with van der Waals surface area (Å²) in [6.07, 6.45) is -0.729. The van der Waals surface area contributed by atoms with E-state index in [0.717, 1.165) is 5.56 Å². The van der Waals surface area contributed by atoms with E-state index in [0.29, 0.717) is 13.0 Å². The minimum Gasteiger partial charge on any atom is -0.449 e. The second-order valence-electron chi connectivity index (χ2n) is 4.94. The highest BCUT2D eigenvalue weighted by atomic mass is 16.6. The third kappa shape index (κ3) is 12.2. The van der Waals surface area contributed by atoms with E-state index in [-0.39, 0.29) is 0 Å². The van der Waals surface area contributed by atoms with Crippen LogP contribution in [0.3, 0.4) is 0 Å². The Morgan fingerprint density at radius 2 is 1.60 bits per heavy atom. The molecule has 6 heteroatoms. The number of hydrogen-bond acceptors (Lipinski definition) is 4. The fraction of sp³-hybridized carbons (Fsp3) is 0.429. The van der Waals surface area contributed by atoms with Crippen LogP contribution in [0.25, 0.3) is 0 Å². The van der Waals surface area contributed by atoms with Crippen LogP contribution in [-0.2, 0) is 15.9 Å². The summed E-state index contributed by atoms with van der Waals surface area (Å²) in [4.78, 5) is 20.2. The molecule has 1 aromatic rings. The molecule has 0 aliphatic carbocycles. The first-order valence-corrected chi connectivity index (χ1v) is 6.15. The molecule has 0 atom stereocenters. The van der Waals surface area contributed by atoms with Crippen LogP contribution in [0.15, 0.2) is 30.3 Å². The summed E-state index contributed by atoms with van der Waals surface area (Å²) in [5.41, 5.74) is 10.2. The highest BCUT2D eigenvalue weighted by Gasteiger charge is 2.12. The number of carbonyl (C=O) groups is 2. The van der Waals surface area contributed by atoms with Crippen molar-refractivity contribution in [2.75, 3.05) is 6.61 Å². The summed E-state index contributed by atoms with van der Waals surface area (Å²) in [5, 5.41) is 0. The molecule has 0 fully saturated rings. The van der Waals surface area contributed by atoms with Crippen LogP contribution in [0.2, 0.25) is 0 Å². The molecule has 0 radical (unpaired) electrons. The zero-order valence-electron chi connectivity index (χ0n) is 12.1. The Bertz CT molecular complexity index is 413. The van der Waals surface area contributed by atoms with Crippen LogP contribution in [0.1, 0.15) is 26.3 Å². The molecule has 0 spiro atoms. The third-order valence-corrected chi connectivity index (χ3v) is 1.88. The van der Waals surface area contributed by atoms with Gasteiger partial charge in [0.2, 0.25) is 0 Å². The van der Waals surface area contributed by atoms with E-state index >= 15 is 0 Å². The Hall–Kier alpha value is -2.24. The number of rotatable bonds is 3. The highest BCUT2D eigenvalue weighted by Crippen LogP contribution is 2.04. The number of primary amides is 2. The Labute approximate surface area is 119 Å². The standard InChI is InChI=1S/C9H11NO2.C5H11NO2/c10-9(11)12-7-6-8-4-2-1-3-5-8;1-5(2,3)8-4(6)7/h1-5H,6-7H2,(H2,10,11);1-3H3,(H2,6,7). The van der Waals surface area contributed by atoms with E-state index in [1.54, 1.807) is 20.8 Å². The molecule has 0 aliphatic rings. The summed E-state index contributed by atoms with van der Waals surface area (Å²) in [7, 11) is 0. The monoisotopic (exact) mass is 282 g/mol. The SMILES string of the molecule is CC(C)(C)OC(N)=O.NC(=O)OCCc1ccccc1. The predicted octanol–water partition coefficient (Wildman–Crippen LogP) is 2.20. The maximum atomic E-state index is 10.2. The molecule has 2 amide bonds. The second-order valence-corrected chi connectivity index (χ2v) is 4.94. The van der Waals surface area contributed by atoms with Gasteiger partial charge >= 0.3 is 12.2 Å². The summed E-state index contributed by atoms with van der Waals surface area (Å²) < 4.78 is 9.16. The molecule has 0 saturated heterocycles. The van der Waals surface area contributed by atoms with E-state index < -0.39 is 17.8 Å². The number of hydrogen-bond donors (Lipinski definition) is 2. The van der Waals surface area contributed by atoms with Gasteiger partial charge in [-0.15, -0.1) is 0 Å². The van der Waals surface area contributed by atoms with Crippen molar-refractivity contribution in [1.29, 1.82) is 0 Å². The molecule has 20 heavy (non-hydrogen) atoms. The van der Waals surface area contributed by atoms with Crippen LogP contribution in [0, 0.1) is 0 Å². The van der Waals surface area contributed by atoms with E-state index in [4.69, 9.17) is 11.5 Å². The average Bonchev–Trinajstić information content (AvgIpc) is 2.27. The van der Waals surface area contributed by atoms with Crippen molar-refractivity contribution in [2.45, 2.75) is 32.8 Å². The van der Waals surface area contributed by atoms with E-state index in [2.05, 4.69) is 9.47 Å². The number of amides is 2. The van der Waals surface area contributed by atoms with Crippen LogP contribution >= 0.6 is 0 Å². The van der Waals surface area contributed by atoms with Gasteiger partial charge in [-0.25, -0.2) is 9.59 Å². The van der Waals surface area contributed by atoms with Gasteiger partial charge in [-0.3, -0.25) is 0 Å². The van der Waals surface area contributed by atoms with Gasteiger partial charge in [0.15, 0.2) is 0 Å². The van der Waals surface area contributed by atoms with Crippen LogP contribution < -0.4 is 11.5 Å². The van der Waals surface area contributed by atoms with Gasteiger partial charge in [0, 0.05) is 6.42 Å². The fourth-order valence-corrected chi connectivity index (χ4v) is 1.22. The van der Waals surface area contributed by atoms with E-state index in [9.17, 15) is 9.59 Å². The molecular weight excluding hydrogens is 260 g/mol. The van der Waals surface area contributed by atoms with Gasteiger partial charge in [0.1, 0.15) is 5.60 Å². The Balaban J connectivity index is 0.000000396. The lowest BCUT2D eigenvalue weighted by Crippen LogP contribution is -2.27. The van der Waals surface area contributed by atoms with Crippen molar-refractivity contribution in [2.24, 2.45) is 11.5 Å². The average molecular weight is 282 g/mol. The van der Waals surface area contributed by atoms with Crippen LogP contribution in [0.4, 0.5) is 9.59 Å². The second kappa shape index (κ2) is 8.79. The maximum Gasteiger partial charge on any atom is 0.405 e. The van der Waals surface area contributed by atoms with Crippen LogP contribution in [0.5, 0.6) is 0 Å². The molecular formula is C14H22N2O4. The van der Waals surface area contributed by atoms with Crippen LogP contribution in [-0.4, -0.2) is 24.4 Å². The molecule has 0 bridgehead atoms. The molecule has 1 rings (SSSR count). The maximum absolute atomic E-state index is 10.2. The van der Waals surface area contributed by atoms with Gasteiger partial charge < -0.3 is 20.9 Å². The first-order chi connectivity index (χ1) is 9.20. The Morgan fingerprint density at radius 3 is 1.95 bits per heavy atom. The normalized spacial score (nSPS) is 9.95. The highest BCUT2D eigenvalue weighted by molar-refractivity contribution is 5.65. The fourth-order valence-electron chi connectivity index (χ4n) is 1.22. The third-order valence-electron chi connectivity index (χ3n) is 1.88. The van der Waals surface area contributed by atoms with Crippen molar-refractivity contribution in [3.8, 4) is 0 Å². The largest absolute Gasteiger partial charge is 0.449 e. The first-order valence-electron chi connectivity index (χ1n) is 6.15. The number of nitrogens with two attached hydrogens (primary N) is 2. The summed E-state index contributed by atoms with van der Waals surface area (Å²) in [5.74, 6) is 0. The zero-order valence-corrected chi connectivity index (χ0v) is 12.1. The van der Waals surface area contributed by atoms with Gasteiger partial charge in [-0.2, -0.15) is 0 Å². The Kier molecular flexibility index (Phi) is 7.81. The summed E-state index contributed by atoms with van der Waals surface area (Å²) in [6, 6.07) is 9.78. The predicted molar refractivity (Wildman–Crippen MR) is 76.1 cm³/mol. The quantitative estimate of drug-likeness (QED) is 0.886. The number of benzene rings is 1. The lowest BCUT2D eigenvalue weighted by molar-refractivity contribution is 0.0600. The van der Waals surface area contributed by atoms with Gasteiger partial charge in [0.05, 0.1) is 6.61 Å². The van der Waals surface area contributed by atoms with Crippen molar-refractivity contribution in [3.05, 3.63) is 35.9 Å². The number of carbonyl (C=O) groups excluding carboxylic acids is 2. The van der Waals surface area contributed by atoms with Gasteiger partial charge in [0.25, 0.3) is 0 Å². The molecule has 1 aromatic carbocycles. The van der Waals surface area contributed by atoms with Crippen molar-refractivity contribution in [3.63, 3.8) is 0 Å². The molecule has 0 aromatic heterocycles. The minimum atomic E-state index is -0.725. The molecule has 4 N–H and O–H groups in total. The topological polar surface area (TPSA) is 105 Å². The van der Waals surface area contributed by atoms with Crippen molar-refractivity contribution in [1.82, 2.24) is 0 Å². The van der Waals surface area contributed by atoms with E-state index in [1.807, 2.05) is 30.3 Å². The molecule has 6 nitrogen and oxygen atoms in total. The summed E-state index contributed by atoms with van der Waals surface area (Å²) >= 11 is 0. The van der Waals surface area contributed by atoms with Gasteiger partial charge in [-0.1, -0.05) is 30.3 Å². The smallest absolute Gasteiger partial charge is 0.405 e. The van der Waals surface area contributed by atoms with E-state index in [1.165, 1.54) is 0 Å². The zero-order chi connectivity index (χ0) is 15.6. The molecule has 0 aliphatic heterocycles. The molecule has 0 unspecified atom stereocenters. The first kappa shape index (κ1) is 17.8. The van der Waals surface area contributed by atoms with Gasteiger partial charge in [-0.05, 0) is 26.3 Å². The molecule has 0 heterocycles. The molecule has 0 saturated carbocycles. The Morgan fingerprint density at radius 1 is 1.05 bits per heavy atom. The van der Waals surface area contributed by atoms with Crippen molar-refractivity contribution >= 4 is 12.2 Å². The van der Waals surface area contributed by atoms with Crippen molar-refractivity contribution < 1.29 is 19.1 Å². The number of ether oxygens (including phenoxy) is 2. The minimum absolute atomic E-state index is 0.347. The summed E-state index contributed by atoms with van der Waals surface area (Å²) in [6.45, 7) is 5.63. The lowest BCUT2D eigenvalue weighted by atomic mass is 10.2.